The van der Waals surface area contributed by atoms with Crippen molar-refractivity contribution in [2.24, 2.45) is 17.8 Å². The molecule has 1 aliphatic heterocycles. The van der Waals surface area contributed by atoms with E-state index >= 15 is 0 Å². The second-order valence-electron chi connectivity index (χ2n) is 7.44. The first-order valence-electron chi connectivity index (χ1n) is 9.37. The van der Waals surface area contributed by atoms with E-state index in [9.17, 15) is 24.4 Å². The van der Waals surface area contributed by atoms with Crippen molar-refractivity contribution in [3.05, 3.63) is 35.4 Å². The number of carbonyl (C=O) groups excluding carboxylic acids is 4. The van der Waals surface area contributed by atoms with Crippen LogP contribution in [0.1, 0.15) is 47.9 Å². The highest BCUT2D eigenvalue weighted by Gasteiger charge is 2.42. The zero-order valence-corrected chi connectivity index (χ0v) is 16.6. The number of hydrogen-bond donors (Lipinski definition) is 2. The molecule has 2 rings (SSSR count). The fourth-order valence-corrected chi connectivity index (χ4v) is 3.46. The molecule has 4 amide bonds. The normalized spacial score (nSPS) is 15.4. The van der Waals surface area contributed by atoms with Gasteiger partial charge in [-0.15, -0.1) is 0 Å². The SMILES string of the molecule is CCN(C)C(=O)C(CC(C)C)[C@H](CN1C(=O)c2ccccc2C1=O)C(=O)NO. The van der Waals surface area contributed by atoms with Crippen molar-refractivity contribution < 1.29 is 24.4 Å². The molecule has 0 aliphatic carbocycles. The monoisotopic (exact) mass is 389 g/mol. The lowest BCUT2D eigenvalue weighted by Crippen LogP contribution is -2.48. The Morgan fingerprint density at radius 1 is 1.11 bits per heavy atom. The van der Waals surface area contributed by atoms with E-state index in [2.05, 4.69) is 0 Å². The van der Waals surface area contributed by atoms with Gasteiger partial charge in [0.05, 0.1) is 23.0 Å². The van der Waals surface area contributed by atoms with Crippen LogP contribution in [0, 0.1) is 17.8 Å². The maximum absolute atomic E-state index is 12.9. The lowest BCUT2D eigenvalue weighted by Gasteiger charge is -2.31. The molecule has 0 bridgehead atoms. The van der Waals surface area contributed by atoms with Crippen molar-refractivity contribution in [2.75, 3.05) is 20.1 Å². The Morgan fingerprint density at radius 3 is 2.07 bits per heavy atom. The van der Waals surface area contributed by atoms with Gasteiger partial charge in [-0.05, 0) is 31.4 Å². The molecular weight excluding hydrogens is 362 g/mol. The van der Waals surface area contributed by atoms with E-state index in [1.807, 2.05) is 20.8 Å². The van der Waals surface area contributed by atoms with Crippen molar-refractivity contribution in [1.82, 2.24) is 15.3 Å². The average molecular weight is 389 g/mol. The summed E-state index contributed by atoms with van der Waals surface area (Å²) in [5.41, 5.74) is 2.14. The Hall–Kier alpha value is -2.74. The third-order valence-electron chi connectivity index (χ3n) is 5.08. The summed E-state index contributed by atoms with van der Waals surface area (Å²) in [6.07, 6.45) is 0.379. The standard InChI is InChI=1S/C20H27N3O5/c1-5-22(4)18(25)15(10-12(2)3)16(17(24)21-28)11-23-19(26)13-8-6-7-9-14(13)20(23)27/h6-9,12,15-16,28H,5,10-11H2,1-4H3,(H,21,24)/t15?,16-/m0/s1. The molecule has 8 heteroatoms. The number of amides is 4. The minimum Gasteiger partial charge on any atom is -0.346 e. The highest BCUT2D eigenvalue weighted by Crippen LogP contribution is 2.29. The van der Waals surface area contributed by atoms with Gasteiger partial charge in [0.15, 0.2) is 0 Å². The van der Waals surface area contributed by atoms with E-state index in [-0.39, 0.29) is 29.5 Å². The second kappa shape index (κ2) is 8.97. The highest BCUT2D eigenvalue weighted by molar-refractivity contribution is 6.21. The molecular formula is C20H27N3O5. The Balaban J connectivity index is 2.37. The molecule has 0 saturated heterocycles. The molecule has 0 radical (unpaired) electrons. The molecule has 0 spiro atoms. The Kier molecular flexibility index (Phi) is 6.90. The van der Waals surface area contributed by atoms with Crippen LogP contribution >= 0.6 is 0 Å². The van der Waals surface area contributed by atoms with E-state index in [0.29, 0.717) is 13.0 Å². The molecule has 0 aromatic heterocycles. The van der Waals surface area contributed by atoms with Crippen LogP contribution in [0.15, 0.2) is 24.3 Å². The Bertz CT molecular complexity index is 742. The minimum absolute atomic E-state index is 0.0929. The summed E-state index contributed by atoms with van der Waals surface area (Å²) in [4.78, 5) is 53.2. The number of rotatable bonds is 8. The van der Waals surface area contributed by atoms with Crippen molar-refractivity contribution in [2.45, 2.75) is 27.2 Å². The van der Waals surface area contributed by atoms with Crippen LogP contribution in [0.2, 0.25) is 0 Å². The highest BCUT2D eigenvalue weighted by atomic mass is 16.5. The first-order valence-corrected chi connectivity index (χ1v) is 9.37. The van der Waals surface area contributed by atoms with Crippen molar-refractivity contribution in [1.29, 1.82) is 0 Å². The fourth-order valence-electron chi connectivity index (χ4n) is 3.46. The summed E-state index contributed by atoms with van der Waals surface area (Å²) >= 11 is 0. The average Bonchev–Trinajstić information content (AvgIpc) is 2.93. The van der Waals surface area contributed by atoms with Gasteiger partial charge in [-0.2, -0.15) is 0 Å². The van der Waals surface area contributed by atoms with E-state index in [1.54, 1.807) is 36.8 Å². The maximum Gasteiger partial charge on any atom is 0.261 e. The summed E-state index contributed by atoms with van der Waals surface area (Å²) in [5, 5.41) is 9.23. The predicted molar refractivity (Wildman–Crippen MR) is 101 cm³/mol. The number of imide groups is 1. The lowest BCUT2D eigenvalue weighted by atomic mass is 9.83. The molecule has 1 heterocycles. The molecule has 152 valence electrons. The number of nitrogens with zero attached hydrogens (tertiary/aromatic N) is 2. The minimum atomic E-state index is -1.06. The molecule has 2 atom stereocenters. The van der Waals surface area contributed by atoms with Gasteiger partial charge < -0.3 is 4.90 Å². The first-order chi connectivity index (χ1) is 13.2. The van der Waals surface area contributed by atoms with Crippen LogP contribution in [0.25, 0.3) is 0 Å². The fraction of sp³-hybridized carbons (Fsp3) is 0.500. The predicted octanol–water partition coefficient (Wildman–Crippen LogP) is 1.54. The molecule has 1 unspecified atom stereocenters. The number of nitrogens with one attached hydrogen (secondary N) is 1. The summed E-state index contributed by atoms with van der Waals surface area (Å²) in [6.45, 7) is 5.83. The Morgan fingerprint density at radius 2 is 1.64 bits per heavy atom. The third-order valence-corrected chi connectivity index (χ3v) is 5.08. The van der Waals surface area contributed by atoms with Gasteiger partial charge in [-0.25, -0.2) is 5.48 Å². The first kappa shape index (κ1) is 21.6. The van der Waals surface area contributed by atoms with Crippen LogP contribution in [-0.2, 0) is 9.59 Å². The van der Waals surface area contributed by atoms with Crippen molar-refractivity contribution in [3.8, 4) is 0 Å². The van der Waals surface area contributed by atoms with Crippen LogP contribution in [-0.4, -0.2) is 58.8 Å². The Labute approximate surface area is 164 Å². The van der Waals surface area contributed by atoms with Crippen molar-refractivity contribution in [3.63, 3.8) is 0 Å². The maximum atomic E-state index is 12.9. The number of fused-ring (bicyclic) bond motifs is 1. The van der Waals surface area contributed by atoms with Crippen LogP contribution < -0.4 is 5.48 Å². The third kappa shape index (κ3) is 4.22. The smallest absolute Gasteiger partial charge is 0.261 e. The van der Waals surface area contributed by atoms with E-state index < -0.39 is 29.6 Å². The van der Waals surface area contributed by atoms with Crippen LogP contribution in [0.5, 0.6) is 0 Å². The van der Waals surface area contributed by atoms with E-state index in [4.69, 9.17) is 0 Å². The largest absolute Gasteiger partial charge is 0.346 e. The zero-order chi connectivity index (χ0) is 21.0. The molecule has 1 aliphatic rings. The zero-order valence-electron chi connectivity index (χ0n) is 16.6. The van der Waals surface area contributed by atoms with Gasteiger partial charge in [0, 0.05) is 20.1 Å². The summed E-state index contributed by atoms with van der Waals surface area (Å²) in [7, 11) is 1.63. The van der Waals surface area contributed by atoms with Gasteiger partial charge >= 0.3 is 0 Å². The van der Waals surface area contributed by atoms with Gasteiger partial charge in [-0.1, -0.05) is 26.0 Å². The van der Waals surface area contributed by atoms with Crippen molar-refractivity contribution >= 4 is 23.6 Å². The van der Waals surface area contributed by atoms with Gasteiger partial charge in [0.25, 0.3) is 11.8 Å². The molecule has 8 nitrogen and oxygen atoms in total. The summed E-state index contributed by atoms with van der Waals surface area (Å²) < 4.78 is 0. The van der Waals surface area contributed by atoms with Gasteiger partial charge in [0.2, 0.25) is 11.8 Å². The number of carbonyl (C=O) groups is 4. The molecule has 1 aromatic carbocycles. The van der Waals surface area contributed by atoms with Crippen LogP contribution in [0.3, 0.4) is 0 Å². The quantitative estimate of drug-likeness (QED) is 0.398. The van der Waals surface area contributed by atoms with E-state index in [1.165, 1.54) is 4.90 Å². The number of benzene rings is 1. The molecule has 0 fully saturated rings. The topological polar surface area (TPSA) is 107 Å². The molecule has 0 saturated carbocycles. The number of hydrogen-bond acceptors (Lipinski definition) is 5. The molecule has 1 aromatic rings. The summed E-state index contributed by atoms with van der Waals surface area (Å²) in [6, 6.07) is 6.43. The van der Waals surface area contributed by atoms with Gasteiger partial charge in [0.1, 0.15) is 0 Å². The number of hydroxylamine groups is 1. The van der Waals surface area contributed by atoms with Crippen LogP contribution in [0.4, 0.5) is 0 Å². The molecule has 28 heavy (non-hydrogen) atoms. The van der Waals surface area contributed by atoms with Gasteiger partial charge in [-0.3, -0.25) is 29.3 Å². The molecule has 2 N–H and O–H groups in total. The summed E-state index contributed by atoms with van der Waals surface area (Å²) in [5.74, 6) is -3.80. The second-order valence-corrected chi connectivity index (χ2v) is 7.44. The van der Waals surface area contributed by atoms with E-state index in [0.717, 1.165) is 4.90 Å². The lowest BCUT2D eigenvalue weighted by molar-refractivity contribution is -0.145.